The number of aromatic nitrogens is 2. The number of pyridine rings is 2. The van der Waals surface area contributed by atoms with Crippen LogP contribution in [0.1, 0.15) is 45.1 Å². The molecule has 198 valence electrons. The average molecular weight is 523 g/mol. The quantitative estimate of drug-likeness (QED) is 0.489. The average Bonchev–Trinajstić information content (AvgIpc) is 2.89. The highest BCUT2D eigenvalue weighted by Gasteiger charge is 2.34. The third-order valence-electron chi connectivity index (χ3n) is 6.45. The van der Waals surface area contributed by atoms with Crippen molar-refractivity contribution >= 4 is 17.5 Å². The molecule has 0 bridgehead atoms. The van der Waals surface area contributed by atoms with Crippen molar-refractivity contribution in [2.24, 2.45) is 0 Å². The number of likely N-dealkylation sites (N-methyl/N-ethyl adjacent to an activating group) is 1. The van der Waals surface area contributed by atoms with Crippen LogP contribution in [-0.4, -0.2) is 58.4 Å². The number of nitrogens with zero attached hydrogens (tertiary/aromatic N) is 4. The summed E-state index contributed by atoms with van der Waals surface area (Å²) >= 11 is 0. The Labute approximate surface area is 219 Å². The number of halogens is 3. The van der Waals surface area contributed by atoms with Gasteiger partial charge in [-0.05, 0) is 54.9 Å². The molecule has 1 aliphatic heterocycles. The van der Waals surface area contributed by atoms with Crippen LogP contribution in [0.15, 0.2) is 48.8 Å². The van der Waals surface area contributed by atoms with Crippen LogP contribution in [0.5, 0.6) is 0 Å². The third kappa shape index (κ3) is 6.88. The van der Waals surface area contributed by atoms with Gasteiger partial charge in [0.1, 0.15) is 11.6 Å². The number of amides is 1. The van der Waals surface area contributed by atoms with Crippen molar-refractivity contribution in [3.8, 4) is 11.8 Å². The summed E-state index contributed by atoms with van der Waals surface area (Å²) in [6.07, 6.45) is -1.55. The number of aryl methyl sites for hydroxylation is 1. The number of anilines is 2. The minimum absolute atomic E-state index is 0.0985. The molecular formula is C28H29F3N6O. The van der Waals surface area contributed by atoms with Gasteiger partial charge in [0.2, 0.25) is 0 Å². The van der Waals surface area contributed by atoms with Crippen LogP contribution in [-0.2, 0) is 12.7 Å². The van der Waals surface area contributed by atoms with Gasteiger partial charge in [0.15, 0.2) is 0 Å². The number of nitrogens with two attached hydrogens (primary N) is 1. The number of piperazine rings is 1. The van der Waals surface area contributed by atoms with E-state index in [-0.39, 0.29) is 23.5 Å². The third-order valence-corrected chi connectivity index (χ3v) is 6.45. The summed E-state index contributed by atoms with van der Waals surface area (Å²) in [7, 11) is 0. The maximum atomic E-state index is 13.9. The number of hydrogen-bond acceptors (Lipinski definition) is 6. The van der Waals surface area contributed by atoms with E-state index < -0.39 is 17.6 Å². The number of alkyl halides is 3. The number of benzene rings is 1. The number of carbonyl (C=O) groups is 1. The number of carbonyl (C=O) groups excluding carboxylic acids is 1. The summed E-state index contributed by atoms with van der Waals surface area (Å²) in [5.41, 5.74) is 7.03. The van der Waals surface area contributed by atoms with Crippen molar-refractivity contribution in [1.82, 2.24) is 19.8 Å². The van der Waals surface area contributed by atoms with Crippen LogP contribution in [0.25, 0.3) is 0 Å². The first kappa shape index (κ1) is 27.1. The van der Waals surface area contributed by atoms with E-state index >= 15 is 0 Å². The second-order valence-corrected chi connectivity index (χ2v) is 9.14. The molecule has 3 N–H and O–H groups in total. The normalized spacial score (nSPS) is 14.6. The molecule has 3 heterocycles. The maximum absolute atomic E-state index is 13.9. The highest BCUT2D eigenvalue weighted by Crippen LogP contribution is 2.33. The summed E-state index contributed by atoms with van der Waals surface area (Å²) in [4.78, 5) is 25.3. The van der Waals surface area contributed by atoms with Gasteiger partial charge in [0.05, 0.1) is 5.56 Å². The summed E-state index contributed by atoms with van der Waals surface area (Å²) in [6.45, 7) is 8.06. The van der Waals surface area contributed by atoms with E-state index in [2.05, 4.69) is 38.9 Å². The molecule has 1 amide bonds. The van der Waals surface area contributed by atoms with Gasteiger partial charge in [0.25, 0.3) is 5.91 Å². The van der Waals surface area contributed by atoms with Gasteiger partial charge in [-0.15, -0.1) is 0 Å². The fourth-order valence-electron chi connectivity index (χ4n) is 4.19. The molecule has 0 atom stereocenters. The van der Waals surface area contributed by atoms with E-state index in [0.717, 1.165) is 31.3 Å². The minimum atomic E-state index is -4.58. The van der Waals surface area contributed by atoms with E-state index in [0.29, 0.717) is 30.0 Å². The molecule has 7 nitrogen and oxygen atoms in total. The zero-order valence-electron chi connectivity index (χ0n) is 21.3. The van der Waals surface area contributed by atoms with E-state index in [1.165, 1.54) is 18.3 Å². The van der Waals surface area contributed by atoms with Crippen molar-refractivity contribution < 1.29 is 18.0 Å². The fraction of sp³-hybridized carbons (Fsp3) is 0.321. The Bertz CT molecular complexity index is 1370. The predicted octanol–water partition coefficient (Wildman–Crippen LogP) is 4.18. The summed E-state index contributed by atoms with van der Waals surface area (Å²) in [6, 6.07) is 8.75. The smallest absolute Gasteiger partial charge is 0.383 e. The lowest BCUT2D eigenvalue weighted by Crippen LogP contribution is -2.45. The lowest BCUT2D eigenvalue weighted by atomic mass is 10.0. The van der Waals surface area contributed by atoms with Gasteiger partial charge in [-0.2, -0.15) is 13.2 Å². The lowest BCUT2D eigenvalue weighted by Gasteiger charge is -2.34. The van der Waals surface area contributed by atoms with Crippen LogP contribution < -0.4 is 11.1 Å². The number of hydrogen-bond donors (Lipinski definition) is 2. The zero-order chi connectivity index (χ0) is 27.3. The van der Waals surface area contributed by atoms with Crippen molar-refractivity contribution in [3.63, 3.8) is 0 Å². The minimum Gasteiger partial charge on any atom is -0.383 e. The van der Waals surface area contributed by atoms with Crippen LogP contribution in [0.4, 0.5) is 24.8 Å². The summed E-state index contributed by atoms with van der Waals surface area (Å²) < 4.78 is 41.8. The standard InChI is InChI=1S/C28H29F3N6O/c1-3-36-10-12-37(13-11-36)18-23-7-6-22(16-24(23)28(29,30)31)27(38)35-25-15-20(8-9-33-25)4-5-21-14-19(2)26(32)34-17-21/h6-9,14-17H,3,10-13,18H2,1-2H3,(H2,32,34)(H,33,35,38). The second-order valence-electron chi connectivity index (χ2n) is 9.14. The van der Waals surface area contributed by atoms with E-state index in [1.54, 1.807) is 18.3 Å². The van der Waals surface area contributed by atoms with Crippen molar-refractivity contribution in [1.29, 1.82) is 0 Å². The van der Waals surface area contributed by atoms with Gasteiger partial charge in [-0.25, -0.2) is 9.97 Å². The highest BCUT2D eigenvalue weighted by molar-refractivity contribution is 6.04. The maximum Gasteiger partial charge on any atom is 0.416 e. The highest BCUT2D eigenvalue weighted by atomic mass is 19.4. The van der Waals surface area contributed by atoms with Crippen molar-refractivity contribution in [2.75, 3.05) is 43.8 Å². The molecule has 1 fully saturated rings. The predicted molar refractivity (Wildman–Crippen MR) is 140 cm³/mol. The second kappa shape index (κ2) is 11.6. The van der Waals surface area contributed by atoms with E-state index in [9.17, 15) is 18.0 Å². The number of nitrogens with one attached hydrogen (secondary N) is 1. The Morgan fingerprint density at radius 3 is 2.42 bits per heavy atom. The number of nitrogen functional groups attached to an aromatic ring is 1. The topological polar surface area (TPSA) is 87.4 Å². The summed E-state index contributed by atoms with van der Waals surface area (Å²) in [5, 5.41) is 2.57. The Morgan fingerprint density at radius 1 is 1.03 bits per heavy atom. The van der Waals surface area contributed by atoms with Crippen LogP contribution in [0, 0.1) is 18.8 Å². The molecule has 1 aliphatic rings. The number of rotatable bonds is 5. The molecule has 0 spiro atoms. The van der Waals surface area contributed by atoms with Crippen LogP contribution in [0.2, 0.25) is 0 Å². The monoisotopic (exact) mass is 522 g/mol. The molecule has 0 unspecified atom stereocenters. The van der Waals surface area contributed by atoms with Gasteiger partial charge in [-0.1, -0.05) is 24.8 Å². The van der Waals surface area contributed by atoms with Gasteiger partial charge in [0, 0.05) is 61.8 Å². The lowest BCUT2D eigenvalue weighted by molar-refractivity contribution is -0.138. The molecule has 10 heteroatoms. The Morgan fingerprint density at radius 2 is 1.74 bits per heavy atom. The molecule has 0 aliphatic carbocycles. The van der Waals surface area contributed by atoms with E-state index in [4.69, 9.17) is 5.73 Å². The molecule has 1 aromatic carbocycles. The first-order valence-corrected chi connectivity index (χ1v) is 12.3. The van der Waals surface area contributed by atoms with Crippen LogP contribution in [0.3, 0.4) is 0 Å². The van der Waals surface area contributed by atoms with Crippen LogP contribution >= 0.6 is 0 Å². The van der Waals surface area contributed by atoms with E-state index in [1.807, 2.05) is 17.9 Å². The van der Waals surface area contributed by atoms with Gasteiger partial charge in [-0.3, -0.25) is 9.69 Å². The molecular weight excluding hydrogens is 493 g/mol. The molecule has 0 radical (unpaired) electrons. The Kier molecular flexibility index (Phi) is 8.29. The van der Waals surface area contributed by atoms with Crippen molar-refractivity contribution in [3.05, 3.63) is 82.2 Å². The molecule has 0 saturated carbocycles. The Hall–Kier alpha value is -3.94. The summed E-state index contributed by atoms with van der Waals surface area (Å²) in [5.74, 6) is 5.86. The molecule has 2 aromatic heterocycles. The van der Waals surface area contributed by atoms with Gasteiger partial charge < -0.3 is 16.0 Å². The first-order valence-electron chi connectivity index (χ1n) is 12.3. The largest absolute Gasteiger partial charge is 0.416 e. The fourth-order valence-corrected chi connectivity index (χ4v) is 4.19. The molecule has 38 heavy (non-hydrogen) atoms. The molecule has 3 aromatic rings. The van der Waals surface area contributed by atoms with Gasteiger partial charge >= 0.3 is 6.18 Å². The Balaban J connectivity index is 1.48. The molecule has 1 saturated heterocycles. The van der Waals surface area contributed by atoms with Crippen molar-refractivity contribution in [2.45, 2.75) is 26.6 Å². The molecule has 4 rings (SSSR count). The SMILES string of the molecule is CCN1CCN(Cc2ccc(C(=O)Nc3cc(C#Cc4cnc(N)c(C)c4)ccn3)cc2C(F)(F)F)CC1. The first-order chi connectivity index (χ1) is 18.1. The zero-order valence-corrected chi connectivity index (χ0v) is 21.3.